The van der Waals surface area contributed by atoms with Gasteiger partial charge in [-0.05, 0) is 24.6 Å². The first-order chi connectivity index (χ1) is 9.65. The summed E-state index contributed by atoms with van der Waals surface area (Å²) in [7, 11) is 0. The maximum absolute atomic E-state index is 11.8. The minimum absolute atomic E-state index is 0.00210. The number of nitrogens with zero attached hydrogens (tertiary/aromatic N) is 1. The summed E-state index contributed by atoms with van der Waals surface area (Å²) < 4.78 is 0. The molecule has 4 nitrogen and oxygen atoms in total. The Morgan fingerprint density at radius 3 is 2.85 bits per heavy atom. The minimum atomic E-state index is -0.793. The van der Waals surface area contributed by atoms with E-state index >= 15 is 0 Å². The van der Waals surface area contributed by atoms with Crippen molar-refractivity contribution in [2.75, 3.05) is 0 Å². The Kier molecular flexibility index (Phi) is 3.24. The van der Waals surface area contributed by atoms with Crippen molar-refractivity contribution >= 4 is 22.5 Å². The predicted molar refractivity (Wildman–Crippen MR) is 79.3 cm³/mol. The third-order valence-corrected chi connectivity index (χ3v) is 3.50. The summed E-state index contributed by atoms with van der Waals surface area (Å²) >= 11 is 6.02. The maximum atomic E-state index is 11.8. The van der Waals surface area contributed by atoms with E-state index in [-0.39, 0.29) is 5.92 Å². The summed E-state index contributed by atoms with van der Waals surface area (Å²) in [5, 5.41) is 1.23. The number of allylic oxidation sites excluding steroid dienone is 4. The molecule has 20 heavy (non-hydrogen) atoms. The highest BCUT2D eigenvalue weighted by atomic mass is 35.5. The zero-order valence-corrected chi connectivity index (χ0v) is 11.2. The molecule has 0 saturated heterocycles. The lowest BCUT2D eigenvalue weighted by molar-refractivity contribution is 0.821. The van der Waals surface area contributed by atoms with Gasteiger partial charge in [0.1, 0.15) is 0 Å². The van der Waals surface area contributed by atoms with Crippen molar-refractivity contribution in [3.05, 3.63) is 73.9 Å². The first-order valence-corrected chi connectivity index (χ1v) is 6.60. The second kappa shape index (κ2) is 5.06. The topological polar surface area (TPSA) is 62.8 Å². The number of nitrogens with one attached hydrogen (secondary N) is 1. The van der Waals surface area contributed by atoms with Crippen molar-refractivity contribution in [1.82, 2.24) is 9.97 Å². The van der Waals surface area contributed by atoms with Gasteiger partial charge in [-0.1, -0.05) is 35.9 Å². The summed E-state index contributed by atoms with van der Waals surface area (Å²) in [6.07, 6.45) is 8.62. The number of hydrogen-bond acceptors (Lipinski definition) is 3. The Labute approximate surface area is 119 Å². The van der Waals surface area contributed by atoms with E-state index in [1.165, 1.54) is 0 Å². The van der Waals surface area contributed by atoms with Crippen molar-refractivity contribution in [3.8, 4) is 0 Å². The molecule has 0 saturated carbocycles. The molecule has 1 aliphatic rings. The van der Waals surface area contributed by atoms with Crippen LogP contribution in [0.3, 0.4) is 0 Å². The molecule has 1 aromatic heterocycles. The van der Waals surface area contributed by atoms with Crippen LogP contribution < -0.4 is 11.1 Å². The summed E-state index contributed by atoms with van der Waals surface area (Å²) in [5.74, 6) is 0.00210. The molecule has 5 heteroatoms. The van der Waals surface area contributed by atoms with Crippen molar-refractivity contribution in [2.45, 2.75) is 12.3 Å². The van der Waals surface area contributed by atoms with Gasteiger partial charge in [0, 0.05) is 22.0 Å². The second-order valence-electron chi connectivity index (χ2n) is 4.60. The van der Waals surface area contributed by atoms with Crippen LogP contribution in [0.1, 0.15) is 18.0 Å². The van der Waals surface area contributed by atoms with Gasteiger partial charge in [0.05, 0.1) is 5.52 Å². The molecule has 0 fully saturated rings. The van der Waals surface area contributed by atoms with E-state index in [0.717, 1.165) is 6.42 Å². The summed E-state index contributed by atoms with van der Waals surface area (Å²) in [4.78, 5) is 29.9. The fourth-order valence-corrected chi connectivity index (χ4v) is 2.48. The monoisotopic (exact) mass is 286 g/mol. The molecular formula is C15H11ClN2O2. The largest absolute Gasteiger partial charge is 0.335 e. The number of fused-ring (bicyclic) bond motifs is 1. The van der Waals surface area contributed by atoms with E-state index in [4.69, 9.17) is 11.6 Å². The van der Waals surface area contributed by atoms with Gasteiger partial charge in [-0.3, -0.25) is 9.59 Å². The van der Waals surface area contributed by atoms with Crippen LogP contribution in [0.25, 0.3) is 10.9 Å². The molecule has 0 spiro atoms. The van der Waals surface area contributed by atoms with Gasteiger partial charge in [0.15, 0.2) is 0 Å². The highest BCUT2D eigenvalue weighted by molar-refractivity contribution is 6.31. The van der Waals surface area contributed by atoms with Gasteiger partial charge in [0.2, 0.25) is 0 Å². The Morgan fingerprint density at radius 2 is 2.10 bits per heavy atom. The van der Waals surface area contributed by atoms with Crippen molar-refractivity contribution in [3.63, 3.8) is 0 Å². The van der Waals surface area contributed by atoms with Crippen LogP contribution in [-0.2, 0) is 0 Å². The van der Waals surface area contributed by atoms with Crippen LogP contribution >= 0.6 is 11.6 Å². The lowest BCUT2D eigenvalue weighted by Crippen LogP contribution is -2.26. The number of benzene rings is 1. The lowest BCUT2D eigenvalue weighted by Gasteiger charge is -2.13. The number of aromatic nitrogens is 2. The molecule has 100 valence electrons. The highest BCUT2D eigenvalue weighted by Gasteiger charge is 2.14. The van der Waals surface area contributed by atoms with Crippen LogP contribution in [0.5, 0.6) is 0 Å². The molecule has 0 bridgehead atoms. The van der Waals surface area contributed by atoms with Crippen LogP contribution in [0.2, 0.25) is 5.02 Å². The fraction of sp³-hybridized carbons (Fsp3) is 0.133. The quantitative estimate of drug-likeness (QED) is 0.820. The fourth-order valence-electron chi connectivity index (χ4n) is 2.31. The van der Waals surface area contributed by atoms with Crippen LogP contribution in [0.4, 0.5) is 0 Å². The molecule has 1 atom stereocenters. The molecule has 1 aliphatic carbocycles. The first-order valence-electron chi connectivity index (χ1n) is 6.22. The van der Waals surface area contributed by atoms with E-state index in [9.17, 15) is 9.59 Å². The standard InChI is InChI=1S/C15H11ClN2O2/c16-10-6-7-12-11(8-10)13(9-4-2-1-3-5-9)18-15(20)14(19)17-12/h1-4,6-9H,5H2,(H,17,18,19,20). The van der Waals surface area contributed by atoms with E-state index in [2.05, 4.69) is 9.97 Å². The molecule has 1 unspecified atom stereocenters. The summed E-state index contributed by atoms with van der Waals surface area (Å²) in [6, 6.07) is 5.03. The zero-order chi connectivity index (χ0) is 14.1. The Hall–Kier alpha value is -2.20. The Morgan fingerprint density at radius 1 is 1.25 bits per heavy atom. The second-order valence-corrected chi connectivity index (χ2v) is 5.04. The summed E-state index contributed by atoms with van der Waals surface area (Å²) in [6.45, 7) is 0. The molecule has 1 N–H and O–H groups in total. The van der Waals surface area contributed by atoms with E-state index in [1.807, 2.05) is 24.3 Å². The highest BCUT2D eigenvalue weighted by Crippen LogP contribution is 2.28. The lowest BCUT2D eigenvalue weighted by atomic mass is 9.94. The maximum Gasteiger partial charge on any atom is 0.335 e. The summed E-state index contributed by atoms with van der Waals surface area (Å²) in [5.41, 5.74) is -0.368. The molecule has 0 radical (unpaired) electrons. The van der Waals surface area contributed by atoms with E-state index < -0.39 is 11.1 Å². The smallest absolute Gasteiger partial charge is 0.320 e. The van der Waals surface area contributed by atoms with E-state index in [1.54, 1.807) is 18.2 Å². The van der Waals surface area contributed by atoms with E-state index in [0.29, 0.717) is 21.6 Å². The van der Waals surface area contributed by atoms with Crippen LogP contribution in [0.15, 0.2) is 52.1 Å². The molecule has 2 aromatic rings. The van der Waals surface area contributed by atoms with Crippen molar-refractivity contribution < 1.29 is 0 Å². The van der Waals surface area contributed by atoms with Gasteiger partial charge >= 0.3 is 11.1 Å². The third-order valence-electron chi connectivity index (χ3n) is 3.26. The molecular weight excluding hydrogens is 276 g/mol. The number of H-pyrrole nitrogens is 1. The van der Waals surface area contributed by atoms with Crippen LogP contribution in [0, 0.1) is 0 Å². The van der Waals surface area contributed by atoms with Gasteiger partial charge < -0.3 is 4.98 Å². The van der Waals surface area contributed by atoms with Crippen LogP contribution in [-0.4, -0.2) is 9.97 Å². The Balaban J connectivity index is 2.40. The molecule has 1 heterocycles. The number of rotatable bonds is 1. The molecule has 0 amide bonds. The minimum Gasteiger partial charge on any atom is -0.320 e. The molecule has 0 aliphatic heterocycles. The number of aromatic amines is 1. The average Bonchev–Trinajstić information content (AvgIpc) is 2.58. The van der Waals surface area contributed by atoms with Gasteiger partial charge in [0.25, 0.3) is 0 Å². The van der Waals surface area contributed by atoms with Gasteiger partial charge in [-0.15, -0.1) is 0 Å². The number of halogens is 1. The van der Waals surface area contributed by atoms with Gasteiger partial charge in [-0.25, -0.2) is 4.98 Å². The zero-order valence-electron chi connectivity index (χ0n) is 10.5. The Bertz CT molecular complexity index is 852. The third kappa shape index (κ3) is 2.30. The number of hydrogen-bond donors (Lipinski definition) is 1. The SMILES string of the molecule is O=c1nc2ccc(Cl)cc2c(C2C=CC=CC2)[nH]c1=O. The molecule has 1 aromatic carbocycles. The van der Waals surface area contributed by atoms with Crippen molar-refractivity contribution in [2.24, 2.45) is 0 Å². The predicted octanol–water partition coefficient (Wildman–Crippen LogP) is 2.54. The average molecular weight is 287 g/mol. The van der Waals surface area contributed by atoms with Gasteiger partial charge in [-0.2, -0.15) is 0 Å². The normalized spacial score (nSPS) is 17.6. The molecule has 3 rings (SSSR count). The first kappa shape index (κ1) is 12.8. The van der Waals surface area contributed by atoms with Crippen molar-refractivity contribution in [1.29, 1.82) is 0 Å².